The van der Waals surface area contributed by atoms with Gasteiger partial charge in [0.05, 0.1) is 22.9 Å². The lowest BCUT2D eigenvalue weighted by atomic mass is 10.5. The van der Waals surface area contributed by atoms with Crippen molar-refractivity contribution >= 4 is 28.8 Å². The molecule has 0 radical (unpaired) electrons. The smallest absolute Gasteiger partial charge is 0.228 e. The first-order valence-electron chi connectivity index (χ1n) is 1.70. The summed E-state index contributed by atoms with van der Waals surface area (Å²) in [5, 5.41) is 0. The lowest BCUT2D eigenvalue weighted by molar-refractivity contribution is -0.118. The summed E-state index contributed by atoms with van der Waals surface area (Å²) in [7, 11) is 0. The van der Waals surface area contributed by atoms with Crippen LogP contribution in [0.5, 0.6) is 0 Å². The highest BCUT2D eigenvalue weighted by molar-refractivity contribution is 14.1. The number of halogens is 1. The SMILES string of the molecule is CCC(=O)NI. The highest BCUT2D eigenvalue weighted by Gasteiger charge is 1.86. The van der Waals surface area contributed by atoms with E-state index >= 15 is 0 Å². The summed E-state index contributed by atoms with van der Waals surface area (Å²) in [5.74, 6) is 0.0793. The molecule has 0 bridgehead atoms. The second-order valence-electron chi connectivity index (χ2n) is 0.871. The number of carbonyl (C=O) groups excluding carboxylic acids is 1. The quantitative estimate of drug-likeness (QED) is 0.492. The van der Waals surface area contributed by atoms with Gasteiger partial charge < -0.3 is 0 Å². The van der Waals surface area contributed by atoms with Crippen molar-refractivity contribution in [3.8, 4) is 0 Å². The summed E-state index contributed by atoms with van der Waals surface area (Å²) < 4.78 is 2.45. The molecular weight excluding hydrogens is 193 g/mol. The van der Waals surface area contributed by atoms with E-state index in [0.717, 1.165) is 0 Å². The Kier molecular flexibility index (Phi) is 3.51. The fraction of sp³-hybridized carbons (Fsp3) is 0.667. The maximum Gasteiger partial charge on any atom is 0.228 e. The third-order valence-electron chi connectivity index (χ3n) is 0.427. The highest BCUT2D eigenvalue weighted by Crippen LogP contribution is 1.76. The minimum atomic E-state index is 0.0793. The summed E-state index contributed by atoms with van der Waals surface area (Å²) in [5.41, 5.74) is 0. The Balaban J connectivity index is 2.99. The van der Waals surface area contributed by atoms with Crippen LogP contribution >= 0.6 is 22.9 Å². The Morgan fingerprint density at radius 1 is 2.00 bits per heavy atom. The molecule has 0 aromatic carbocycles. The van der Waals surface area contributed by atoms with Crippen molar-refractivity contribution in [3.63, 3.8) is 0 Å². The molecule has 1 N–H and O–H groups in total. The van der Waals surface area contributed by atoms with E-state index in [4.69, 9.17) is 0 Å². The summed E-state index contributed by atoms with van der Waals surface area (Å²) in [6.45, 7) is 1.81. The van der Waals surface area contributed by atoms with Crippen molar-refractivity contribution in [1.29, 1.82) is 0 Å². The second kappa shape index (κ2) is 3.39. The first-order valence-corrected chi connectivity index (χ1v) is 2.78. The fourth-order valence-corrected chi connectivity index (χ4v) is 0.448. The molecule has 0 aliphatic heterocycles. The third-order valence-corrected chi connectivity index (χ3v) is 1.03. The molecule has 0 fully saturated rings. The molecule has 0 aliphatic rings. The van der Waals surface area contributed by atoms with Gasteiger partial charge in [-0.25, -0.2) is 0 Å². The van der Waals surface area contributed by atoms with Crippen molar-refractivity contribution in [1.82, 2.24) is 3.53 Å². The summed E-state index contributed by atoms with van der Waals surface area (Å²) in [6.07, 6.45) is 0.572. The number of rotatable bonds is 1. The summed E-state index contributed by atoms with van der Waals surface area (Å²) in [4.78, 5) is 10.1. The van der Waals surface area contributed by atoms with Gasteiger partial charge in [0.25, 0.3) is 0 Å². The monoisotopic (exact) mass is 199 g/mol. The Morgan fingerprint density at radius 2 is 2.50 bits per heavy atom. The fourth-order valence-electron chi connectivity index (χ4n) is 0.0668. The molecule has 0 unspecified atom stereocenters. The molecule has 6 heavy (non-hydrogen) atoms. The molecule has 0 aliphatic carbocycles. The van der Waals surface area contributed by atoms with Gasteiger partial charge >= 0.3 is 0 Å². The van der Waals surface area contributed by atoms with Crippen molar-refractivity contribution in [3.05, 3.63) is 0 Å². The predicted octanol–water partition coefficient (Wildman–Crippen LogP) is 0.863. The normalized spacial score (nSPS) is 7.67. The van der Waals surface area contributed by atoms with Crippen LogP contribution in [0.1, 0.15) is 13.3 Å². The van der Waals surface area contributed by atoms with Crippen LogP contribution in [-0.4, -0.2) is 5.91 Å². The minimum Gasteiger partial charge on any atom is -0.299 e. The highest BCUT2D eigenvalue weighted by atomic mass is 127. The Labute approximate surface area is 50.8 Å². The average molecular weight is 199 g/mol. The van der Waals surface area contributed by atoms with E-state index < -0.39 is 0 Å². The van der Waals surface area contributed by atoms with Crippen molar-refractivity contribution in [2.45, 2.75) is 13.3 Å². The molecule has 0 aromatic rings. The Morgan fingerprint density at radius 3 is 2.50 bits per heavy atom. The van der Waals surface area contributed by atoms with E-state index in [0.29, 0.717) is 6.42 Å². The molecule has 0 spiro atoms. The van der Waals surface area contributed by atoms with Gasteiger partial charge in [-0.1, -0.05) is 6.92 Å². The van der Waals surface area contributed by atoms with Gasteiger partial charge in [-0.05, 0) is 0 Å². The topological polar surface area (TPSA) is 29.1 Å². The van der Waals surface area contributed by atoms with E-state index in [1.165, 1.54) is 0 Å². The Bertz CT molecular complexity index is 48.8. The number of hydrogen-bond acceptors (Lipinski definition) is 1. The van der Waals surface area contributed by atoms with Gasteiger partial charge in [-0.2, -0.15) is 0 Å². The molecule has 0 saturated heterocycles. The number of nitrogens with one attached hydrogen (secondary N) is 1. The average Bonchev–Trinajstić information content (AvgIpc) is 1.65. The molecule has 36 valence electrons. The van der Waals surface area contributed by atoms with E-state index in [2.05, 4.69) is 3.53 Å². The predicted molar refractivity (Wildman–Crippen MR) is 32.5 cm³/mol. The zero-order chi connectivity index (χ0) is 4.99. The second-order valence-corrected chi connectivity index (χ2v) is 1.41. The molecule has 0 rings (SSSR count). The van der Waals surface area contributed by atoms with Gasteiger partial charge in [0.15, 0.2) is 0 Å². The van der Waals surface area contributed by atoms with E-state index in [-0.39, 0.29) is 5.91 Å². The lowest BCUT2D eigenvalue weighted by Gasteiger charge is -1.84. The van der Waals surface area contributed by atoms with E-state index in [1.807, 2.05) is 29.8 Å². The molecule has 3 heteroatoms. The number of carbonyl (C=O) groups is 1. The maximum absolute atomic E-state index is 10.1. The molecule has 0 saturated carbocycles. The van der Waals surface area contributed by atoms with Gasteiger partial charge in [-0.3, -0.25) is 8.32 Å². The molecule has 0 heterocycles. The molecule has 0 aromatic heterocycles. The third kappa shape index (κ3) is 2.44. The number of hydrogen-bond donors (Lipinski definition) is 1. The van der Waals surface area contributed by atoms with Crippen LogP contribution in [0.3, 0.4) is 0 Å². The van der Waals surface area contributed by atoms with Crippen LogP contribution in [0.25, 0.3) is 0 Å². The Hall–Kier alpha value is 0.200. The van der Waals surface area contributed by atoms with Crippen LogP contribution < -0.4 is 3.53 Å². The summed E-state index contributed by atoms with van der Waals surface area (Å²) in [6, 6.07) is 0. The van der Waals surface area contributed by atoms with E-state index in [1.54, 1.807) is 0 Å². The van der Waals surface area contributed by atoms with Crippen molar-refractivity contribution in [2.75, 3.05) is 0 Å². The standard InChI is InChI=1S/C3H6INO/c1-2-3(6)5-4/h2H2,1H3,(H,5,6). The van der Waals surface area contributed by atoms with Gasteiger partial charge in [0.2, 0.25) is 5.91 Å². The van der Waals surface area contributed by atoms with Crippen LogP contribution in [0.2, 0.25) is 0 Å². The van der Waals surface area contributed by atoms with Crippen molar-refractivity contribution in [2.24, 2.45) is 0 Å². The molecule has 1 amide bonds. The zero-order valence-electron chi connectivity index (χ0n) is 3.49. The first kappa shape index (κ1) is 6.20. The first-order chi connectivity index (χ1) is 2.81. The van der Waals surface area contributed by atoms with E-state index in [9.17, 15) is 4.79 Å². The van der Waals surface area contributed by atoms with Crippen LogP contribution in [0, 0.1) is 0 Å². The van der Waals surface area contributed by atoms with Crippen LogP contribution in [0.15, 0.2) is 0 Å². The van der Waals surface area contributed by atoms with Crippen molar-refractivity contribution < 1.29 is 4.79 Å². The van der Waals surface area contributed by atoms with Crippen LogP contribution in [0.4, 0.5) is 0 Å². The molecule has 0 atom stereocenters. The maximum atomic E-state index is 10.1. The lowest BCUT2D eigenvalue weighted by Crippen LogP contribution is -2.07. The molecule has 2 nitrogen and oxygen atoms in total. The zero-order valence-corrected chi connectivity index (χ0v) is 5.65. The number of amides is 1. The van der Waals surface area contributed by atoms with Crippen LogP contribution in [-0.2, 0) is 4.79 Å². The van der Waals surface area contributed by atoms with Gasteiger partial charge in [0, 0.05) is 6.42 Å². The summed E-state index contributed by atoms with van der Waals surface area (Å²) >= 11 is 1.81. The van der Waals surface area contributed by atoms with Gasteiger partial charge in [-0.15, -0.1) is 0 Å². The minimum absolute atomic E-state index is 0.0793. The largest absolute Gasteiger partial charge is 0.299 e. The van der Waals surface area contributed by atoms with Gasteiger partial charge in [0.1, 0.15) is 0 Å². The molecular formula is C3H6INO.